The molecule has 0 aromatic heterocycles. The summed E-state index contributed by atoms with van der Waals surface area (Å²) in [6, 6.07) is 11.8. The van der Waals surface area contributed by atoms with Crippen molar-refractivity contribution < 1.29 is 8.78 Å². The van der Waals surface area contributed by atoms with Crippen LogP contribution in [0.25, 0.3) is 0 Å². The lowest BCUT2D eigenvalue weighted by Crippen LogP contribution is -2.36. The van der Waals surface area contributed by atoms with E-state index in [4.69, 9.17) is 5.73 Å². The van der Waals surface area contributed by atoms with E-state index in [-0.39, 0.29) is 11.9 Å². The lowest BCUT2D eigenvalue weighted by Gasteiger charge is -2.29. The maximum absolute atomic E-state index is 13.7. The summed E-state index contributed by atoms with van der Waals surface area (Å²) in [5.41, 5.74) is 9.37. The summed E-state index contributed by atoms with van der Waals surface area (Å²) in [7, 11) is 0. The molecule has 0 amide bonds. The van der Waals surface area contributed by atoms with Crippen molar-refractivity contribution in [2.45, 2.75) is 31.7 Å². The average molecular weight is 287 g/mol. The van der Waals surface area contributed by atoms with E-state index < -0.39 is 5.82 Å². The minimum Gasteiger partial charge on any atom is -0.327 e. The summed E-state index contributed by atoms with van der Waals surface area (Å²) in [5.74, 6) is -0.460. The Morgan fingerprint density at radius 1 is 1.10 bits per heavy atom. The summed E-state index contributed by atoms with van der Waals surface area (Å²) < 4.78 is 26.9. The Hall–Kier alpha value is -1.74. The zero-order chi connectivity index (χ0) is 14.8. The van der Waals surface area contributed by atoms with Gasteiger partial charge in [0.25, 0.3) is 0 Å². The number of rotatable bonds is 3. The van der Waals surface area contributed by atoms with Crippen LogP contribution in [0.4, 0.5) is 8.78 Å². The van der Waals surface area contributed by atoms with Crippen molar-refractivity contribution in [3.63, 3.8) is 0 Å². The number of fused-ring (bicyclic) bond motifs is 1. The molecule has 0 aliphatic heterocycles. The molecule has 3 heteroatoms. The third-order valence-corrected chi connectivity index (χ3v) is 4.45. The van der Waals surface area contributed by atoms with Crippen LogP contribution < -0.4 is 5.73 Å². The SMILES string of the molecule is NC(Cc1cc(F)ccc1F)C1CCc2ccccc2C1. The van der Waals surface area contributed by atoms with E-state index in [0.717, 1.165) is 25.3 Å². The van der Waals surface area contributed by atoms with Crippen molar-refractivity contribution in [2.75, 3.05) is 0 Å². The van der Waals surface area contributed by atoms with E-state index in [1.807, 2.05) is 6.07 Å². The molecule has 1 nitrogen and oxygen atoms in total. The highest BCUT2D eigenvalue weighted by molar-refractivity contribution is 5.30. The molecule has 2 N–H and O–H groups in total. The third-order valence-electron chi connectivity index (χ3n) is 4.45. The van der Waals surface area contributed by atoms with Crippen LogP contribution in [0, 0.1) is 17.6 Å². The van der Waals surface area contributed by atoms with E-state index in [9.17, 15) is 8.78 Å². The second-order valence-corrected chi connectivity index (χ2v) is 5.88. The van der Waals surface area contributed by atoms with Gasteiger partial charge in [0.2, 0.25) is 0 Å². The van der Waals surface area contributed by atoms with Gasteiger partial charge in [-0.25, -0.2) is 8.78 Å². The molecule has 21 heavy (non-hydrogen) atoms. The molecule has 2 unspecified atom stereocenters. The Morgan fingerprint density at radius 3 is 2.67 bits per heavy atom. The zero-order valence-electron chi connectivity index (χ0n) is 11.9. The molecule has 0 bridgehead atoms. The van der Waals surface area contributed by atoms with Gasteiger partial charge in [-0.3, -0.25) is 0 Å². The molecular formula is C18H19F2N. The van der Waals surface area contributed by atoms with Gasteiger partial charge in [0.1, 0.15) is 11.6 Å². The van der Waals surface area contributed by atoms with Crippen LogP contribution in [0.15, 0.2) is 42.5 Å². The molecular weight excluding hydrogens is 268 g/mol. The second kappa shape index (κ2) is 5.94. The summed E-state index contributed by atoms with van der Waals surface area (Å²) >= 11 is 0. The Kier molecular flexibility index (Phi) is 4.02. The van der Waals surface area contributed by atoms with E-state index >= 15 is 0 Å². The molecule has 0 saturated heterocycles. The highest BCUT2D eigenvalue weighted by Gasteiger charge is 2.24. The molecule has 1 aliphatic carbocycles. The lowest BCUT2D eigenvalue weighted by atomic mass is 9.78. The van der Waals surface area contributed by atoms with Gasteiger partial charge in [-0.1, -0.05) is 24.3 Å². The standard InChI is InChI=1S/C18H19F2N/c19-16-7-8-17(20)15(10-16)11-18(21)14-6-5-12-3-1-2-4-13(12)9-14/h1-4,7-8,10,14,18H,5-6,9,11,21H2. The topological polar surface area (TPSA) is 26.0 Å². The molecule has 1 aliphatic rings. The maximum Gasteiger partial charge on any atom is 0.126 e. The van der Waals surface area contributed by atoms with Gasteiger partial charge in [-0.05, 0) is 66.5 Å². The number of benzene rings is 2. The van der Waals surface area contributed by atoms with E-state index in [1.54, 1.807) is 0 Å². The van der Waals surface area contributed by atoms with E-state index in [0.29, 0.717) is 17.9 Å². The monoisotopic (exact) mass is 287 g/mol. The molecule has 3 rings (SSSR count). The maximum atomic E-state index is 13.7. The molecule has 0 fully saturated rings. The zero-order valence-corrected chi connectivity index (χ0v) is 11.9. The van der Waals surface area contributed by atoms with Gasteiger partial charge in [-0.15, -0.1) is 0 Å². The van der Waals surface area contributed by atoms with Crippen molar-refractivity contribution in [1.82, 2.24) is 0 Å². The van der Waals surface area contributed by atoms with Gasteiger partial charge in [0.15, 0.2) is 0 Å². The van der Waals surface area contributed by atoms with Crippen molar-refractivity contribution in [3.8, 4) is 0 Å². The van der Waals surface area contributed by atoms with Crippen LogP contribution in [-0.2, 0) is 19.3 Å². The molecule has 0 saturated carbocycles. The smallest absolute Gasteiger partial charge is 0.126 e. The fourth-order valence-corrected chi connectivity index (χ4v) is 3.21. The number of aryl methyl sites for hydroxylation is 1. The molecule has 2 aromatic rings. The first-order valence-electron chi connectivity index (χ1n) is 7.40. The first-order valence-corrected chi connectivity index (χ1v) is 7.40. The van der Waals surface area contributed by atoms with Crippen molar-refractivity contribution >= 4 is 0 Å². The van der Waals surface area contributed by atoms with E-state index in [1.165, 1.54) is 23.3 Å². The number of nitrogens with two attached hydrogens (primary N) is 1. The van der Waals surface area contributed by atoms with Crippen LogP contribution in [0.1, 0.15) is 23.1 Å². The third kappa shape index (κ3) is 3.13. The first kappa shape index (κ1) is 14.2. The van der Waals surface area contributed by atoms with Gasteiger partial charge < -0.3 is 5.73 Å². The second-order valence-electron chi connectivity index (χ2n) is 5.88. The van der Waals surface area contributed by atoms with E-state index in [2.05, 4.69) is 18.2 Å². The minimum atomic E-state index is -0.410. The Bertz CT molecular complexity index is 639. The highest BCUT2D eigenvalue weighted by atomic mass is 19.1. The molecule has 110 valence electrons. The normalized spacial score (nSPS) is 19.1. The summed E-state index contributed by atoms with van der Waals surface area (Å²) in [6.07, 6.45) is 3.33. The van der Waals surface area contributed by atoms with Crippen LogP contribution in [0.5, 0.6) is 0 Å². The largest absolute Gasteiger partial charge is 0.327 e. The molecule has 0 spiro atoms. The van der Waals surface area contributed by atoms with Gasteiger partial charge in [-0.2, -0.15) is 0 Å². The van der Waals surface area contributed by atoms with Crippen LogP contribution in [0.3, 0.4) is 0 Å². The average Bonchev–Trinajstić information content (AvgIpc) is 2.50. The van der Waals surface area contributed by atoms with Crippen LogP contribution >= 0.6 is 0 Å². The predicted molar refractivity (Wildman–Crippen MR) is 80.0 cm³/mol. The summed E-state index contributed by atoms with van der Waals surface area (Å²) in [6.45, 7) is 0. The molecule has 0 heterocycles. The highest BCUT2D eigenvalue weighted by Crippen LogP contribution is 2.28. The summed E-state index contributed by atoms with van der Waals surface area (Å²) in [5, 5.41) is 0. The number of hydrogen-bond donors (Lipinski definition) is 1. The van der Waals surface area contributed by atoms with Gasteiger partial charge >= 0.3 is 0 Å². The fraction of sp³-hybridized carbons (Fsp3) is 0.333. The minimum absolute atomic E-state index is 0.144. The quantitative estimate of drug-likeness (QED) is 0.916. The molecule has 2 aromatic carbocycles. The Morgan fingerprint density at radius 2 is 1.86 bits per heavy atom. The van der Waals surface area contributed by atoms with Gasteiger partial charge in [0, 0.05) is 6.04 Å². The fourth-order valence-electron chi connectivity index (χ4n) is 3.21. The lowest BCUT2D eigenvalue weighted by molar-refractivity contribution is 0.369. The van der Waals surface area contributed by atoms with Crippen molar-refractivity contribution in [3.05, 3.63) is 70.8 Å². The van der Waals surface area contributed by atoms with Crippen molar-refractivity contribution in [1.29, 1.82) is 0 Å². The summed E-state index contributed by atoms with van der Waals surface area (Å²) in [4.78, 5) is 0. The molecule has 2 atom stereocenters. The first-order chi connectivity index (χ1) is 10.1. The number of hydrogen-bond acceptors (Lipinski definition) is 1. The molecule has 0 radical (unpaired) electrons. The van der Waals surface area contributed by atoms with Crippen molar-refractivity contribution in [2.24, 2.45) is 11.7 Å². The number of halogens is 2. The van der Waals surface area contributed by atoms with Crippen LogP contribution in [-0.4, -0.2) is 6.04 Å². The van der Waals surface area contributed by atoms with Gasteiger partial charge in [0.05, 0.1) is 0 Å². The Labute approximate surface area is 123 Å². The van der Waals surface area contributed by atoms with Crippen LogP contribution in [0.2, 0.25) is 0 Å². The Balaban J connectivity index is 1.72. The predicted octanol–water partition coefficient (Wildman–Crippen LogP) is 3.64.